The van der Waals surface area contributed by atoms with E-state index in [0.29, 0.717) is 18.4 Å². The molecule has 2 aliphatic heterocycles. The fourth-order valence-electron chi connectivity index (χ4n) is 3.75. The molecule has 23 heavy (non-hydrogen) atoms. The van der Waals surface area contributed by atoms with Gasteiger partial charge in [-0.1, -0.05) is 6.07 Å². The van der Waals surface area contributed by atoms with Crippen LogP contribution in [-0.2, 0) is 13.1 Å². The Morgan fingerprint density at radius 1 is 1.26 bits per heavy atom. The SMILES string of the molecule is O=c1cccc2n1C[C@@H]1C[C@H]2CN(C(=S)NCc2ccco2)C1. The Kier molecular flexibility index (Phi) is 3.69. The number of fused-ring (bicyclic) bond motifs is 4. The summed E-state index contributed by atoms with van der Waals surface area (Å²) >= 11 is 5.55. The largest absolute Gasteiger partial charge is 0.467 e. The first-order chi connectivity index (χ1) is 11.2. The van der Waals surface area contributed by atoms with Crippen molar-refractivity contribution in [3.63, 3.8) is 0 Å². The molecular weight excluding hydrogens is 310 g/mol. The van der Waals surface area contributed by atoms with Gasteiger partial charge in [0, 0.05) is 37.3 Å². The monoisotopic (exact) mass is 329 g/mol. The van der Waals surface area contributed by atoms with Crippen LogP contribution in [0.25, 0.3) is 0 Å². The van der Waals surface area contributed by atoms with Crippen LogP contribution in [-0.4, -0.2) is 27.7 Å². The second kappa shape index (κ2) is 5.85. The van der Waals surface area contributed by atoms with E-state index in [1.54, 1.807) is 12.3 Å². The molecule has 120 valence electrons. The van der Waals surface area contributed by atoms with Crippen molar-refractivity contribution in [2.45, 2.75) is 25.4 Å². The lowest BCUT2D eigenvalue weighted by atomic mass is 9.83. The molecule has 5 nitrogen and oxygen atoms in total. The van der Waals surface area contributed by atoms with E-state index in [0.717, 1.165) is 42.6 Å². The average molecular weight is 329 g/mol. The van der Waals surface area contributed by atoms with Gasteiger partial charge in [0.1, 0.15) is 5.76 Å². The van der Waals surface area contributed by atoms with Gasteiger partial charge in [-0.05, 0) is 42.8 Å². The molecule has 1 N–H and O–H groups in total. The third-order valence-electron chi connectivity index (χ3n) is 4.76. The Balaban J connectivity index is 1.47. The summed E-state index contributed by atoms with van der Waals surface area (Å²) < 4.78 is 7.27. The highest BCUT2D eigenvalue weighted by Gasteiger charge is 2.35. The highest BCUT2D eigenvalue weighted by molar-refractivity contribution is 7.80. The highest BCUT2D eigenvalue weighted by Crippen LogP contribution is 2.34. The zero-order chi connectivity index (χ0) is 15.8. The van der Waals surface area contributed by atoms with Crippen molar-refractivity contribution in [3.05, 3.63) is 58.4 Å². The molecule has 0 aromatic carbocycles. The third kappa shape index (κ3) is 2.79. The van der Waals surface area contributed by atoms with E-state index in [1.165, 1.54) is 0 Å². The van der Waals surface area contributed by atoms with Gasteiger partial charge in [-0.15, -0.1) is 0 Å². The Bertz CT molecular complexity index is 768. The second-order valence-electron chi connectivity index (χ2n) is 6.34. The number of hydrogen-bond donors (Lipinski definition) is 1. The summed E-state index contributed by atoms with van der Waals surface area (Å²) in [6.07, 6.45) is 2.81. The van der Waals surface area contributed by atoms with Crippen molar-refractivity contribution in [2.24, 2.45) is 5.92 Å². The smallest absolute Gasteiger partial charge is 0.250 e. The first-order valence-corrected chi connectivity index (χ1v) is 8.36. The standard InChI is InChI=1S/C17H19N3O2S/c21-16-5-1-4-15-13-7-12(10-20(15)16)9-19(11-13)17(23)18-8-14-3-2-6-22-14/h1-6,12-13H,7-11H2,(H,18,23)/t12-,13+/m1/s1. The van der Waals surface area contributed by atoms with Crippen LogP contribution in [0.15, 0.2) is 45.8 Å². The van der Waals surface area contributed by atoms with Crippen LogP contribution >= 0.6 is 12.2 Å². The Hall–Kier alpha value is -2.08. The molecule has 0 saturated carbocycles. The molecule has 0 amide bonds. The van der Waals surface area contributed by atoms with Gasteiger partial charge in [0.2, 0.25) is 0 Å². The molecular formula is C17H19N3O2S. The van der Waals surface area contributed by atoms with Gasteiger partial charge in [0.15, 0.2) is 5.11 Å². The number of thiocarbonyl (C=S) groups is 1. The van der Waals surface area contributed by atoms with Crippen LogP contribution in [0.4, 0.5) is 0 Å². The lowest BCUT2D eigenvalue weighted by molar-refractivity contribution is 0.177. The number of nitrogens with one attached hydrogen (secondary N) is 1. The summed E-state index contributed by atoms with van der Waals surface area (Å²) in [5, 5.41) is 4.04. The minimum atomic E-state index is 0.115. The normalized spacial score (nSPS) is 22.5. The lowest BCUT2D eigenvalue weighted by Gasteiger charge is -2.43. The molecule has 0 spiro atoms. The zero-order valence-electron chi connectivity index (χ0n) is 12.8. The van der Waals surface area contributed by atoms with Crippen molar-refractivity contribution in [1.29, 1.82) is 0 Å². The quantitative estimate of drug-likeness (QED) is 0.853. The van der Waals surface area contributed by atoms with Gasteiger partial charge in [-0.2, -0.15) is 0 Å². The lowest BCUT2D eigenvalue weighted by Crippen LogP contribution is -2.51. The van der Waals surface area contributed by atoms with Crippen LogP contribution in [0.3, 0.4) is 0 Å². The maximum atomic E-state index is 12.0. The fourth-order valence-corrected chi connectivity index (χ4v) is 3.97. The van der Waals surface area contributed by atoms with Gasteiger partial charge < -0.3 is 19.2 Å². The van der Waals surface area contributed by atoms with E-state index < -0.39 is 0 Å². The summed E-state index contributed by atoms with van der Waals surface area (Å²) in [6.45, 7) is 3.17. The summed E-state index contributed by atoms with van der Waals surface area (Å²) in [5.74, 6) is 1.73. The Morgan fingerprint density at radius 3 is 3.00 bits per heavy atom. The van der Waals surface area contributed by atoms with Crippen molar-refractivity contribution in [1.82, 2.24) is 14.8 Å². The van der Waals surface area contributed by atoms with Crippen LogP contribution in [0, 0.1) is 5.92 Å². The van der Waals surface area contributed by atoms with E-state index in [9.17, 15) is 4.79 Å². The molecule has 0 aliphatic carbocycles. The highest BCUT2D eigenvalue weighted by atomic mass is 32.1. The zero-order valence-corrected chi connectivity index (χ0v) is 13.6. The second-order valence-corrected chi connectivity index (χ2v) is 6.73. The number of aromatic nitrogens is 1. The van der Waals surface area contributed by atoms with E-state index in [1.807, 2.05) is 22.8 Å². The predicted molar refractivity (Wildman–Crippen MR) is 91.3 cm³/mol. The van der Waals surface area contributed by atoms with E-state index in [-0.39, 0.29) is 5.56 Å². The topological polar surface area (TPSA) is 50.4 Å². The molecule has 6 heteroatoms. The maximum Gasteiger partial charge on any atom is 0.250 e. The summed E-state index contributed by atoms with van der Waals surface area (Å²) in [4.78, 5) is 14.3. The van der Waals surface area contributed by atoms with Crippen molar-refractivity contribution >= 4 is 17.3 Å². The fraction of sp³-hybridized carbons (Fsp3) is 0.412. The molecule has 0 radical (unpaired) electrons. The number of pyridine rings is 1. The summed E-state index contributed by atoms with van der Waals surface area (Å²) in [6, 6.07) is 9.40. The molecule has 4 heterocycles. The van der Waals surface area contributed by atoms with E-state index in [4.69, 9.17) is 16.6 Å². The molecule has 2 bridgehead atoms. The minimum absolute atomic E-state index is 0.115. The summed E-state index contributed by atoms with van der Waals surface area (Å²) in [7, 11) is 0. The van der Waals surface area contributed by atoms with E-state index >= 15 is 0 Å². The van der Waals surface area contributed by atoms with Crippen LogP contribution in [0.5, 0.6) is 0 Å². The molecule has 0 unspecified atom stereocenters. The van der Waals surface area contributed by atoms with Gasteiger partial charge >= 0.3 is 0 Å². The number of piperidine rings is 1. The van der Waals surface area contributed by atoms with Gasteiger partial charge in [0.05, 0.1) is 12.8 Å². The number of nitrogens with zero attached hydrogens (tertiary/aromatic N) is 2. The molecule has 2 aromatic heterocycles. The Morgan fingerprint density at radius 2 is 2.17 bits per heavy atom. The first-order valence-electron chi connectivity index (χ1n) is 7.95. The number of hydrogen-bond acceptors (Lipinski definition) is 3. The number of furan rings is 1. The molecule has 2 aromatic rings. The summed E-state index contributed by atoms with van der Waals surface area (Å²) in [5.41, 5.74) is 1.26. The molecule has 2 aliphatic rings. The van der Waals surface area contributed by atoms with Crippen LogP contribution in [0.2, 0.25) is 0 Å². The van der Waals surface area contributed by atoms with E-state index in [2.05, 4.69) is 16.3 Å². The number of likely N-dealkylation sites (tertiary alicyclic amines) is 1. The maximum absolute atomic E-state index is 12.0. The Labute approximate surface area is 139 Å². The predicted octanol–water partition coefficient (Wildman–Crippen LogP) is 1.94. The molecule has 2 atom stereocenters. The average Bonchev–Trinajstić information content (AvgIpc) is 3.07. The van der Waals surface area contributed by atoms with Gasteiger partial charge in [0.25, 0.3) is 5.56 Å². The van der Waals surface area contributed by atoms with Crippen molar-refractivity contribution < 1.29 is 4.42 Å². The van der Waals surface area contributed by atoms with Crippen molar-refractivity contribution in [3.8, 4) is 0 Å². The molecule has 4 rings (SSSR count). The molecule has 1 fully saturated rings. The van der Waals surface area contributed by atoms with Crippen molar-refractivity contribution in [2.75, 3.05) is 13.1 Å². The minimum Gasteiger partial charge on any atom is -0.467 e. The number of rotatable bonds is 2. The third-order valence-corrected chi connectivity index (χ3v) is 5.16. The van der Waals surface area contributed by atoms with Gasteiger partial charge in [-0.25, -0.2) is 0 Å². The molecule has 1 saturated heterocycles. The first kappa shape index (κ1) is 14.5. The van der Waals surface area contributed by atoms with Gasteiger partial charge in [-0.3, -0.25) is 4.79 Å². The van der Waals surface area contributed by atoms with Crippen LogP contribution in [0.1, 0.15) is 23.8 Å². The van der Waals surface area contributed by atoms with Crippen LogP contribution < -0.4 is 10.9 Å².